The Balaban J connectivity index is 0.000000371. The van der Waals surface area contributed by atoms with Gasteiger partial charge in [-0.15, -0.1) is 0 Å². The van der Waals surface area contributed by atoms with Crippen LogP contribution in [-0.2, 0) is 0 Å². The fraction of sp³-hybridized carbons (Fsp3) is 1.00. The number of halogens is 2. The molecule has 234 valence electrons. The standard InChI is InChI=1S/C15H29FN2O.C15H29FN2.2H2O/c16-14-10-13(6-7-15(14)18-19)12-5-1-3-11(9-12)4-2-8-17;16-14-10-13(6-7-15(14)18)12-5-1-3-11(9-12)4-2-8-17;;/h11-15,18-19H,1-10,17H2;11-15H,1-10,17-18H2;2*1H2. The van der Waals surface area contributed by atoms with E-state index in [4.69, 9.17) is 22.4 Å². The van der Waals surface area contributed by atoms with Crippen LogP contribution < -0.4 is 22.7 Å². The third-order valence-electron chi connectivity index (χ3n) is 10.5. The average molecular weight is 565 g/mol. The van der Waals surface area contributed by atoms with Gasteiger partial charge in [0.15, 0.2) is 0 Å². The fourth-order valence-corrected chi connectivity index (χ4v) is 8.18. The molecule has 4 rings (SSSR count). The van der Waals surface area contributed by atoms with Crippen LogP contribution in [0.4, 0.5) is 8.78 Å². The Labute approximate surface area is 236 Å². The third-order valence-corrected chi connectivity index (χ3v) is 10.5. The molecular weight excluding hydrogens is 502 g/mol. The molecular formula is C30H62F2N4O3. The van der Waals surface area contributed by atoms with Gasteiger partial charge in [0.2, 0.25) is 0 Å². The highest BCUT2D eigenvalue weighted by Crippen LogP contribution is 2.43. The van der Waals surface area contributed by atoms with Crippen LogP contribution >= 0.6 is 0 Å². The second kappa shape index (κ2) is 19.7. The molecule has 0 aromatic carbocycles. The molecule has 4 fully saturated rings. The number of hydrogen-bond acceptors (Lipinski definition) is 5. The summed E-state index contributed by atoms with van der Waals surface area (Å²) in [5.74, 6) is 4.25. The molecule has 4 aliphatic rings. The molecule has 0 amide bonds. The minimum atomic E-state index is -0.881. The predicted octanol–water partition coefficient (Wildman–Crippen LogP) is 4.37. The van der Waals surface area contributed by atoms with Gasteiger partial charge in [-0.25, -0.2) is 8.78 Å². The minimum Gasteiger partial charge on any atom is -0.412 e. The van der Waals surface area contributed by atoms with E-state index in [1.165, 1.54) is 64.2 Å². The summed E-state index contributed by atoms with van der Waals surface area (Å²) in [5, 5.41) is 8.90. The maximum Gasteiger partial charge on any atom is 0.118 e. The normalized spacial score (nSPS) is 38.9. The highest BCUT2D eigenvalue weighted by Gasteiger charge is 2.37. The van der Waals surface area contributed by atoms with Crippen LogP contribution in [0.3, 0.4) is 0 Å². The minimum absolute atomic E-state index is 0. The average Bonchev–Trinajstić information content (AvgIpc) is 2.93. The lowest BCUT2D eigenvalue weighted by atomic mass is 9.68. The molecule has 0 aliphatic heterocycles. The first-order valence-electron chi connectivity index (χ1n) is 15.8. The number of rotatable bonds is 9. The van der Waals surface area contributed by atoms with Gasteiger partial charge in [-0.1, -0.05) is 38.5 Å². The predicted molar refractivity (Wildman–Crippen MR) is 156 cm³/mol. The first kappa shape index (κ1) is 36.6. The summed E-state index contributed by atoms with van der Waals surface area (Å²) in [7, 11) is 0. The monoisotopic (exact) mass is 564 g/mol. The van der Waals surface area contributed by atoms with E-state index in [9.17, 15) is 8.78 Å². The molecule has 0 spiro atoms. The maximum absolute atomic E-state index is 13.9. The fourth-order valence-electron chi connectivity index (χ4n) is 8.18. The van der Waals surface area contributed by atoms with E-state index in [0.29, 0.717) is 24.2 Å². The molecule has 0 saturated heterocycles. The van der Waals surface area contributed by atoms with Gasteiger partial charge in [-0.3, -0.25) is 0 Å². The van der Waals surface area contributed by atoms with E-state index in [-0.39, 0.29) is 23.0 Å². The van der Waals surface area contributed by atoms with Crippen LogP contribution in [0.2, 0.25) is 0 Å². The summed E-state index contributed by atoms with van der Waals surface area (Å²) in [6, 6.07) is -0.536. The van der Waals surface area contributed by atoms with E-state index in [1.54, 1.807) is 0 Å². The van der Waals surface area contributed by atoms with Crippen LogP contribution in [0.5, 0.6) is 0 Å². The van der Waals surface area contributed by atoms with E-state index < -0.39 is 12.3 Å². The quantitative estimate of drug-likeness (QED) is 0.261. The van der Waals surface area contributed by atoms with Crippen molar-refractivity contribution in [1.29, 1.82) is 0 Å². The third kappa shape index (κ3) is 11.8. The lowest BCUT2D eigenvalue weighted by Gasteiger charge is -2.39. The highest BCUT2D eigenvalue weighted by atomic mass is 19.1. The Morgan fingerprint density at radius 2 is 1.08 bits per heavy atom. The summed E-state index contributed by atoms with van der Waals surface area (Å²) in [4.78, 5) is 0. The van der Waals surface area contributed by atoms with E-state index in [1.807, 2.05) is 0 Å². The Morgan fingerprint density at radius 1 is 0.615 bits per heavy atom. The summed E-state index contributed by atoms with van der Waals surface area (Å²) >= 11 is 0. The van der Waals surface area contributed by atoms with Crippen molar-refractivity contribution >= 4 is 0 Å². The molecule has 12 N–H and O–H groups in total. The Kier molecular flexibility index (Phi) is 18.4. The van der Waals surface area contributed by atoms with Crippen LogP contribution in [0.25, 0.3) is 0 Å². The lowest BCUT2D eigenvalue weighted by molar-refractivity contribution is 0.0251. The smallest absolute Gasteiger partial charge is 0.118 e. The van der Waals surface area contributed by atoms with Crippen molar-refractivity contribution in [2.24, 2.45) is 52.7 Å². The number of hydroxylamine groups is 1. The molecule has 0 heterocycles. The van der Waals surface area contributed by atoms with Crippen molar-refractivity contribution in [3.8, 4) is 0 Å². The topological polar surface area (TPSA) is 173 Å². The Bertz CT molecular complexity index is 623. The van der Waals surface area contributed by atoms with E-state index in [0.717, 1.165) is 75.8 Å². The van der Waals surface area contributed by atoms with Crippen LogP contribution in [0.15, 0.2) is 0 Å². The molecule has 0 aromatic heterocycles. The first-order chi connectivity index (χ1) is 17.9. The van der Waals surface area contributed by atoms with E-state index in [2.05, 4.69) is 5.48 Å². The molecule has 10 atom stereocenters. The zero-order chi connectivity index (χ0) is 26.6. The summed E-state index contributed by atoms with van der Waals surface area (Å²) in [5.41, 5.74) is 19.1. The lowest BCUT2D eigenvalue weighted by Crippen LogP contribution is -2.42. The molecule has 9 heteroatoms. The number of alkyl halides is 2. The largest absolute Gasteiger partial charge is 0.412 e. The molecule has 39 heavy (non-hydrogen) atoms. The van der Waals surface area contributed by atoms with Crippen molar-refractivity contribution in [1.82, 2.24) is 5.48 Å². The van der Waals surface area contributed by atoms with Crippen LogP contribution in [-0.4, -0.2) is 53.7 Å². The number of nitrogens with two attached hydrogens (primary N) is 3. The van der Waals surface area contributed by atoms with Crippen molar-refractivity contribution in [3.05, 3.63) is 0 Å². The Morgan fingerprint density at radius 3 is 1.51 bits per heavy atom. The van der Waals surface area contributed by atoms with Crippen LogP contribution in [0, 0.1) is 35.5 Å². The maximum atomic E-state index is 13.9. The summed E-state index contributed by atoms with van der Waals surface area (Å²) in [6.07, 6.45) is 18.9. The SMILES string of the molecule is NCCCC1CCCC(C2CCC(N)C(F)C2)C1.NCCCC1CCCC(C2CCC(NO)C(F)C2)C1.O.O. The molecule has 0 radical (unpaired) electrons. The van der Waals surface area contributed by atoms with Crippen molar-refractivity contribution in [2.75, 3.05) is 13.1 Å². The van der Waals surface area contributed by atoms with Gasteiger partial charge in [0, 0.05) is 6.04 Å². The highest BCUT2D eigenvalue weighted by molar-refractivity contribution is 4.89. The van der Waals surface area contributed by atoms with Gasteiger partial charge >= 0.3 is 0 Å². The first-order valence-corrected chi connectivity index (χ1v) is 15.8. The molecule has 10 unspecified atom stereocenters. The van der Waals surface area contributed by atoms with Gasteiger partial charge < -0.3 is 33.4 Å². The van der Waals surface area contributed by atoms with Crippen molar-refractivity contribution in [3.63, 3.8) is 0 Å². The molecule has 4 saturated carbocycles. The molecule has 4 aliphatic carbocycles. The molecule has 0 aromatic rings. The van der Waals surface area contributed by atoms with Gasteiger partial charge in [0.1, 0.15) is 12.3 Å². The summed E-state index contributed by atoms with van der Waals surface area (Å²) in [6.45, 7) is 1.60. The molecule has 0 bridgehead atoms. The second-order valence-electron chi connectivity index (χ2n) is 13.0. The summed E-state index contributed by atoms with van der Waals surface area (Å²) < 4.78 is 27.7. The van der Waals surface area contributed by atoms with Gasteiger partial charge in [-0.05, 0) is 126 Å². The second-order valence-corrected chi connectivity index (χ2v) is 13.0. The molecule has 7 nitrogen and oxygen atoms in total. The zero-order valence-corrected chi connectivity index (χ0v) is 24.4. The van der Waals surface area contributed by atoms with E-state index >= 15 is 0 Å². The zero-order valence-electron chi connectivity index (χ0n) is 24.4. The number of nitrogens with one attached hydrogen (secondary N) is 1. The number of hydrogen-bond donors (Lipinski definition) is 5. The van der Waals surface area contributed by atoms with Crippen molar-refractivity contribution in [2.45, 2.75) is 140 Å². The van der Waals surface area contributed by atoms with Crippen LogP contribution in [0.1, 0.15) is 116 Å². The van der Waals surface area contributed by atoms with Gasteiger partial charge in [-0.2, -0.15) is 5.48 Å². The van der Waals surface area contributed by atoms with Gasteiger partial charge in [0.25, 0.3) is 0 Å². The van der Waals surface area contributed by atoms with Crippen molar-refractivity contribution < 1.29 is 24.9 Å². The Hall–Kier alpha value is -0.420. The van der Waals surface area contributed by atoms with Gasteiger partial charge in [0.05, 0.1) is 6.04 Å².